The molecule has 1 aliphatic rings. The largest absolute Gasteiger partial charge is 0.479 e. The lowest BCUT2D eigenvalue weighted by Gasteiger charge is -2.10. The van der Waals surface area contributed by atoms with Crippen molar-refractivity contribution in [3.63, 3.8) is 0 Å². The van der Waals surface area contributed by atoms with E-state index in [2.05, 4.69) is 5.32 Å². The number of hydrogen-bond acceptors (Lipinski definition) is 3. The van der Waals surface area contributed by atoms with Crippen molar-refractivity contribution in [1.82, 2.24) is 5.32 Å². The molecule has 92 valence electrons. The summed E-state index contributed by atoms with van der Waals surface area (Å²) >= 11 is 0. The smallest absolute Gasteiger partial charge is 0.344 e. The molecule has 0 bridgehead atoms. The molecule has 0 radical (unpaired) electrons. The molecule has 0 spiro atoms. The number of carbonyl (C=O) groups is 1. The number of carboxylic acid groups (broad SMARTS) is 1. The maximum atomic E-state index is 10.6. The maximum absolute atomic E-state index is 10.6. The van der Waals surface area contributed by atoms with Gasteiger partial charge in [-0.1, -0.05) is 12.1 Å². The van der Waals surface area contributed by atoms with Gasteiger partial charge < -0.3 is 15.2 Å². The first kappa shape index (κ1) is 11.9. The normalized spacial score (nSPS) is 16.5. The summed E-state index contributed by atoms with van der Waals surface area (Å²) in [6.07, 6.45) is 1.74. The van der Waals surface area contributed by atoms with E-state index < -0.39 is 12.1 Å². The van der Waals surface area contributed by atoms with E-state index >= 15 is 0 Å². The van der Waals surface area contributed by atoms with Crippen molar-refractivity contribution in [3.05, 3.63) is 29.8 Å². The Balaban J connectivity index is 1.85. The second-order valence-corrected chi connectivity index (χ2v) is 4.40. The summed E-state index contributed by atoms with van der Waals surface area (Å²) in [5, 5.41) is 12.1. The molecule has 1 saturated carbocycles. The highest BCUT2D eigenvalue weighted by molar-refractivity contribution is 5.72. The van der Waals surface area contributed by atoms with Crippen molar-refractivity contribution in [2.45, 2.75) is 38.5 Å². The van der Waals surface area contributed by atoms with Gasteiger partial charge in [0.25, 0.3) is 0 Å². The lowest BCUT2D eigenvalue weighted by molar-refractivity contribution is -0.144. The van der Waals surface area contributed by atoms with E-state index in [1.54, 1.807) is 0 Å². The van der Waals surface area contributed by atoms with Gasteiger partial charge in [0.2, 0.25) is 0 Å². The molecule has 1 unspecified atom stereocenters. The van der Waals surface area contributed by atoms with Crippen LogP contribution in [0.15, 0.2) is 24.3 Å². The molecule has 1 aromatic carbocycles. The zero-order chi connectivity index (χ0) is 12.3. The Morgan fingerprint density at radius 2 is 2.12 bits per heavy atom. The van der Waals surface area contributed by atoms with Gasteiger partial charge in [-0.3, -0.25) is 0 Å². The average molecular weight is 235 g/mol. The molecule has 1 aliphatic carbocycles. The van der Waals surface area contributed by atoms with Crippen LogP contribution in [-0.2, 0) is 11.3 Å². The zero-order valence-corrected chi connectivity index (χ0v) is 9.85. The molecule has 0 saturated heterocycles. The third-order valence-electron chi connectivity index (χ3n) is 2.76. The summed E-state index contributed by atoms with van der Waals surface area (Å²) in [6.45, 7) is 2.38. The summed E-state index contributed by atoms with van der Waals surface area (Å²) in [6, 6.07) is 8.23. The van der Waals surface area contributed by atoms with Crippen LogP contribution in [0.5, 0.6) is 5.75 Å². The third kappa shape index (κ3) is 3.75. The highest BCUT2D eigenvalue weighted by Gasteiger charge is 2.19. The zero-order valence-electron chi connectivity index (χ0n) is 9.85. The molecule has 1 atom stereocenters. The fourth-order valence-electron chi connectivity index (χ4n) is 1.49. The van der Waals surface area contributed by atoms with E-state index in [-0.39, 0.29) is 0 Å². The molecule has 0 amide bonds. The Morgan fingerprint density at radius 3 is 2.65 bits per heavy atom. The van der Waals surface area contributed by atoms with E-state index in [1.165, 1.54) is 25.3 Å². The standard InChI is InChI=1S/C13H17NO3/c1-9(13(15)16)17-12-6-2-10(3-7-12)8-14-11-4-5-11/h2-3,6-7,9,11,14H,4-5,8H2,1H3,(H,15,16). The molecule has 0 heterocycles. The van der Waals surface area contributed by atoms with Crippen LogP contribution in [0.4, 0.5) is 0 Å². The van der Waals surface area contributed by atoms with Crippen molar-refractivity contribution >= 4 is 5.97 Å². The summed E-state index contributed by atoms with van der Waals surface area (Å²) < 4.78 is 5.25. The second-order valence-electron chi connectivity index (χ2n) is 4.40. The van der Waals surface area contributed by atoms with Crippen molar-refractivity contribution < 1.29 is 14.6 Å². The van der Waals surface area contributed by atoms with Gasteiger partial charge in [-0.2, -0.15) is 0 Å². The molecule has 0 aromatic heterocycles. The predicted octanol–water partition coefficient (Wildman–Crippen LogP) is 1.79. The fourth-order valence-corrected chi connectivity index (χ4v) is 1.49. The Labute approximate surface area is 101 Å². The highest BCUT2D eigenvalue weighted by atomic mass is 16.5. The van der Waals surface area contributed by atoms with Gasteiger partial charge in [-0.05, 0) is 37.5 Å². The van der Waals surface area contributed by atoms with E-state index in [0.717, 1.165) is 6.54 Å². The molecule has 4 heteroatoms. The van der Waals surface area contributed by atoms with Crippen LogP contribution in [0.2, 0.25) is 0 Å². The van der Waals surface area contributed by atoms with Crippen molar-refractivity contribution in [1.29, 1.82) is 0 Å². The number of ether oxygens (including phenoxy) is 1. The molecule has 1 aromatic rings. The quantitative estimate of drug-likeness (QED) is 0.789. The first-order valence-corrected chi connectivity index (χ1v) is 5.87. The van der Waals surface area contributed by atoms with Gasteiger partial charge in [-0.25, -0.2) is 4.79 Å². The van der Waals surface area contributed by atoms with Crippen LogP contribution < -0.4 is 10.1 Å². The van der Waals surface area contributed by atoms with Crippen molar-refractivity contribution in [2.24, 2.45) is 0 Å². The summed E-state index contributed by atoms with van der Waals surface area (Å²) in [7, 11) is 0. The van der Waals surface area contributed by atoms with Gasteiger partial charge in [0, 0.05) is 12.6 Å². The molecular formula is C13H17NO3. The molecular weight excluding hydrogens is 218 g/mol. The van der Waals surface area contributed by atoms with Gasteiger partial charge in [0.1, 0.15) is 5.75 Å². The Bertz CT molecular complexity index is 384. The van der Waals surface area contributed by atoms with Crippen LogP contribution >= 0.6 is 0 Å². The number of hydrogen-bond donors (Lipinski definition) is 2. The molecule has 4 nitrogen and oxygen atoms in total. The van der Waals surface area contributed by atoms with Crippen LogP contribution in [0.25, 0.3) is 0 Å². The van der Waals surface area contributed by atoms with Crippen LogP contribution in [0.1, 0.15) is 25.3 Å². The Hall–Kier alpha value is -1.55. The Kier molecular flexibility index (Phi) is 3.64. The average Bonchev–Trinajstić information content (AvgIpc) is 3.12. The SMILES string of the molecule is CC(Oc1ccc(CNC2CC2)cc1)C(=O)O. The second kappa shape index (κ2) is 5.19. The number of nitrogens with one attached hydrogen (secondary N) is 1. The van der Waals surface area contributed by atoms with E-state index in [4.69, 9.17) is 9.84 Å². The molecule has 2 rings (SSSR count). The number of aliphatic carboxylic acids is 1. The number of rotatable bonds is 6. The number of benzene rings is 1. The molecule has 2 N–H and O–H groups in total. The van der Waals surface area contributed by atoms with Gasteiger partial charge in [0.15, 0.2) is 6.10 Å². The van der Waals surface area contributed by atoms with E-state index in [9.17, 15) is 4.79 Å². The van der Waals surface area contributed by atoms with Gasteiger partial charge >= 0.3 is 5.97 Å². The summed E-state index contributed by atoms with van der Waals surface area (Å²) in [5.74, 6) is -0.362. The minimum Gasteiger partial charge on any atom is -0.479 e. The van der Waals surface area contributed by atoms with Gasteiger partial charge in [-0.15, -0.1) is 0 Å². The van der Waals surface area contributed by atoms with Crippen LogP contribution in [0.3, 0.4) is 0 Å². The molecule has 1 fully saturated rings. The maximum Gasteiger partial charge on any atom is 0.344 e. The van der Waals surface area contributed by atoms with E-state index in [0.29, 0.717) is 11.8 Å². The lowest BCUT2D eigenvalue weighted by atomic mass is 10.2. The minimum atomic E-state index is -0.954. The fraction of sp³-hybridized carbons (Fsp3) is 0.462. The topological polar surface area (TPSA) is 58.6 Å². The molecule has 17 heavy (non-hydrogen) atoms. The van der Waals surface area contributed by atoms with Crippen molar-refractivity contribution in [3.8, 4) is 5.75 Å². The van der Waals surface area contributed by atoms with E-state index in [1.807, 2.05) is 24.3 Å². The first-order chi connectivity index (χ1) is 8.15. The van der Waals surface area contributed by atoms with Gasteiger partial charge in [0.05, 0.1) is 0 Å². The minimum absolute atomic E-state index is 0.593. The van der Waals surface area contributed by atoms with Crippen LogP contribution in [-0.4, -0.2) is 23.2 Å². The van der Waals surface area contributed by atoms with Crippen molar-refractivity contribution in [2.75, 3.05) is 0 Å². The Morgan fingerprint density at radius 1 is 1.47 bits per heavy atom. The summed E-state index contributed by atoms with van der Waals surface area (Å²) in [5.41, 5.74) is 1.19. The third-order valence-corrected chi connectivity index (χ3v) is 2.76. The molecule has 0 aliphatic heterocycles. The monoisotopic (exact) mass is 235 g/mol. The first-order valence-electron chi connectivity index (χ1n) is 5.87. The van der Waals surface area contributed by atoms with Crippen LogP contribution in [0, 0.1) is 0 Å². The lowest BCUT2D eigenvalue weighted by Crippen LogP contribution is -2.22. The predicted molar refractivity (Wildman–Crippen MR) is 64.0 cm³/mol. The highest BCUT2D eigenvalue weighted by Crippen LogP contribution is 2.20. The number of carboxylic acids is 1. The summed E-state index contributed by atoms with van der Waals surface area (Å²) in [4.78, 5) is 10.6.